The minimum absolute atomic E-state index is 0.141. The van der Waals surface area contributed by atoms with E-state index in [2.05, 4.69) is 0 Å². The summed E-state index contributed by atoms with van der Waals surface area (Å²) in [5.41, 5.74) is 0. The van der Waals surface area contributed by atoms with Crippen LogP contribution in [0.3, 0.4) is 0 Å². The highest BCUT2D eigenvalue weighted by Crippen LogP contribution is 2.69. The van der Waals surface area contributed by atoms with Crippen LogP contribution in [0.15, 0.2) is 0 Å². The van der Waals surface area contributed by atoms with Crippen LogP contribution in [-0.2, 0) is 40.8 Å². The summed E-state index contributed by atoms with van der Waals surface area (Å²) >= 11 is 0. The zero-order valence-corrected chi connectivity index (χ0v) is 22.5. The van der Waals surface area contributed by atoms with Gasteiger partial charge >= 0.3 is 23.4 Å². The maximum atomic E-state index is 13.5. The van der Waals surface area contributed by atoms with Gasteiger partial charge in [-0.3, -0.25) is 22.7 Å². The van der Waals surface area contributed by atoms with Gasteiger partial charge in [0, 0.05) is 0 Å². The van der Waals surface area contributed by atoms with E-state index >= 15 is 0 Å². The fraction of sp³-hybridized carbons (Fsp3) is 1.00. The molecule has 0 aromatic rings. The lowest BCUT2D eigenvalue weighted by Gasteiger charge is -2.40. The standard InChI is InChI=1S/C18H41O9P3/c1-9-17(10-2,29(20,22-13-5)23-14-6)26-28(19)27-18(11-3,12-4)30(21,24-15-7)25-16-8/h28H,9-16H2,1-8H3. The van der Waals surface area contributed by atoms with Crippen LogP contribution in [0.5, 0.6) is 0 Å². The minimum atomic E-state index is -3.77. The minimum Gasteiger partial charge on any atom is -0.307 e. The summed E-state index contributed by atoms with van der Waals surface area (Å²) in [5.74, 6) is 0. The summed E-state index contributed by atoms with van der Waals surface area (Å²) in [4.78, 5) is 0. The molecule has 182 valence electrons. The van der Waals surface area contributed by atoms with E-state index < -0.39 is 34.1 Å². The van der Waals surface area contributed by atoms with E-state index in [1.165, 1.54) is 0 Å². The highest BCUT2D eigenvalue weighted by Gasteiger charge is 2.54. The first-order chi connectivity index (χ1) is 14.1. The van der Waals surface area contributed by atoms with Gasteiger partial charge < -0.3 is 18.1 Å². The van der Waals surface area contributed by atoms with Crippen molar-refractivity contribution in [3.05, 3.63) is 0 Å². The lowest BCUT2D eigenvalue weighted by molar-refractivity contribution is 0.0351. The Kier molecular flexibility index (Phi) is 14.1. The van der Waals surface area contributed by atoms with Crippen LogP contribution >= 0.6 is 23.4 Å². The molecule has 0 fully saturated rings. The normalized spacial score (nSPS) is 13.9. The van der Waals surface area contributed by atoms with E-state index in [1.807, 2.05) is 0 Å². The van der Waals surface area contributed by atoms with Crippen molar-refractivity contribution in [2.45, 2.75) is 91.8 Å². The van der Waals surface area contributed by atoms with Gasteiger partial charge in [0.1, 0.15) is 0 Å². The Morgan fingerprint density at radius 2 is 0.800 bits per heavy atom. The second kappa shape index (κ2) is 13.9. The van der Waals surface area contributed by atoms with Crippen molar-refractivity contribution < 1.29 is 40.8 Å². The Bertz CT molecular complexity index is 534. The molecule has 0 aliphatic rings. The summed E-state index contributed by atoms with van der Waals surface area (Å²) in [6.45, 7) is 14.4. The molecule has 0 bridgehead atoms. The van der Waals surface area contributed by atoms with Crippen molar-refractivity contribution in [3.8, 4) is 0 Å². The van der Waals surface area contributed by atoms with Gasteiger partial charge in [0.15, 0.2) is 10.7 Å². The fourth-order valence-corrected chi connectivity index (χ4v) is 9.81. The molecule has 0 radical (unpaired) electrons. The van der Waals surface area contributed by atoms with Crippen LogP contribution in [0.25, 0.3) is 0 Å². The molecule has 0 saturated carbocycles. The average molecular weight is 494 g/mol. The van der Waals surface area contributed by atoms with Crippen molar-refractivity contribution >= 4 is 23.4 Å². The highest BCUT2D eigenvalue weighted by molar-refractivity contribution is 7.56. The Morgan fingerprint density at radius 3 is 0.967 bits per heavy atom. The molecule has 0 heterocycles. The molecule has 0 aromatic carbocycles. The van der Waals surface area contributed by atoms with Gasteiger partial charge in [-0.2, -0.15) is 0 Å². The summed E-state index contributed by atoms with van der Waals surface area (Å²) in [5, 5.41) is -2.91. The van der Waals surface area contributed by atoms with E-state index in [1.54, 1.807) is 55.4 Å². The first-order valence-corrected chi connectivity index (χ1v) is 15.1. The molecule has 0 spiro atoms. The molecule has 0 N–H and O–H groups in total. The van der Waals surface area contributed by atoms with Gasteiger partial charge in [-0.1, -0.05) is 27.7 Å². The Labute approximate surface area is 182 Å². The predicted molar refractivity (Wildman–Crippen MR) is 120 cm³/mol. The quantitative estimate of drug-likeness (QED) is 0.187. The monoisotopic (exact) mass is 494 g/mol. The highest BCUT2D eigenvalue weighted by atomic mass is 31.2. The number of rotatable bonds is 18. The van der Waals surface area contributed by atoms with Gasteiger partial charge in [-0.25, -0.2) is 0 Å². The van der Waals surface area contributed by atoms with Crippen LogP contribution in [0.2, 0.25) is 0 Å². The molecule has 12 heteroatoms. The van der Waals surface area contributed by atoms with Crippen LogP contribution in [0.4, 0.5) is 0 Å². The Morgan fingerprint density at radius 1 is 0.567 bits per heavy atom. The molecule has 0 saturated heterocycles. The fourth-order valence-electron chi connectivity index (χ4n) is 3.23. The van der Waals surface area contributed by atoms with Gasteiger partial charge in [-0.15, -0.1) is 0 Å². The van der Waals surface area contributed by atoms with Gasteiger partial charge in [0.2, 0.25) is 0 Å². The largest absolute Gasteiger partial charge is 0.362 e. The third kappa shape index (κ3) is 6.73. The summed E-state index contributed by atoms with van der Waals surface area (Å²) < 4.78 is 73.5. The number of hydrogen-bond donors (Lipinski definition) is 0. The van der Waals surface area contributed by atoms with E-state index in [9.17, 15) is 13.7 Å². The molecule has 0 amide bonds. The summed E-state index contributed by atoms with van der Waals surface area (Å²) in [7, 11) is -10.8. The third-order valence-corrected chi connectivity index (χ3v) is 12.2. The van der Waals surface area contributed by atoms with Crippen LogP contribution in [0, 0.1) is 0 Å². The zero-order chi connectivity index (χ0) is 23.5. The van der Waals surface area contributed by atoms with E-state index in [-0.39, 0.29) is 52.1 Å². The number of hydrogen-bond acceptors (Lipinski definition) is 9. The summed E-state index contributed by atoms with van der Waals surface area (Å²) in [6.07, 6.45) is 0.890. The van der Waals surface area contributed by atoms with Crippen molar-refractivity contribution in [1.82, 2.24) is 0 Å². The first kappa shape index (κ1) is 30.4. The smallest absolute Gasteiger partial charge is 0.307 e. The van der Waals surface area contributed by atoms with Crippen LogP contribution < -0.4 is 0 Å². The molecular weight excluding hydrogens is 453 g/mol. The SMILES string of the molecule is CCOP(=O)(OCC)C(CC)(CC)O[PH](=O)OC(CC)(CC)P(=O)(OCC)OCC. The Hall–Kier alpha value is 0.450. The molecule has 0 aliphatic heterocycles. The van der Waals surface area contributed by atoms with Gasteiger partial charge in [0.25, 0.3) is 0 Å². The maximum absolute atomic E-state index is 13.5. The van der Waals surface area contributed by atoms with E-state index in [4.69, 9.17) is 27.1 Å². The maximum Gasteiger partial charge on any atom is 0.362 e. The topological polar surface area (TPSA) is 107 Å². The molecule has 9 nitrogen and oxygen atoms in total. The second-order valence-corrected chi connectivity index (χ2v) is 12.0. The second-order valence-electron chi connectivity index (χ2n) is 6.43. The van der Waals surface area contributed by atoms with Crippen LogP contribution in [0.1, 0.15) is 81.1 Å². The molecule has 0 unspecified atom stereocenters. The lowest BCUT2D eigenvalue weighted by Crippen LogP contribution is -2.34. The van der Waals surface area contributed by atoms with Crippen molar-refractivity contribution in [2.75, 3.05) is 26.4 Å². The Balaban J connectivity index is 6.05. The summed E-state index contributed by atoms with van der Waals surface area (Å²) in [6, 6.07) is 0. The molecule has 0 atom stereocenters. The van der Waals surface area contributed by atoms with Crippen molar-refractivity contribution in [1.29, 1.82) is 0 Å². The zero-order valence-electron chi connectivity index (χ0n) is 19.7. The average Bonchev–Trinajstić information content (AvgIpc) is 2.70. The predicted octanol–water partition coefficient (Wildman–Crippen LogP) is 6.97. The van der Waals surface area contributed by atoms with Gasteiger partial charge in [-0.05, 0) is 53.4 Å². The van der Waals surface area contributed by atoms with Gasteiger partial charge in [0.05, 0.1) is 26.4 Å². The molecular formula is C18H41O9P3. The third-order valence-electron chi connectivity index (χ3n) is 4.95. The molecule has 0 aliphatic carbocycles. The first-order valence-electron chi connectivity index (χ1n) is 10.8. The molecule has 30 heavy (non-hydrogen) atoms. The molecule has 0 aromatic heterocycles. The van der Waals surface area contributed by atoms with E-state index in [0.29, 0.717) is 0 Å². The lowest BCUT2D eigenvalue weighted by atomic mass is 10.2. The van der Waals surface area contributed by atoms with Crippen molar-refractivity contribution in [3.63, 3.8) is 0 Å². The van der Waals surface area contributed by atoms with E-state index in [0.717, 1.165) is 0 Å². The molecule has 0 rings (SSSR count). The van der Waals surface area contributed by atoms with Crippen LogP contribution in [-0.4, -0.2) is 37.1 Å². The van der Waals surface area contributed by atoms with Crippen molar-refractivity contribution in [2.24, 2.45) is 0 Å².